The fraction of sp³-hybridized carbons (Fsp3) is 0.158. The zero-order valence-corrected chi connectivity index (χ0v) is 12.9. The Morgan fingerprint density at radius 1 is 0.955 bits per heavy atom. The molecule has 0 aliphatic carbocycles. The summed E-state index contributed by atoms with van der Waals surface area (Å²) < 4.78 is 8.35. The van der Waals surface area contributed by atoms with Crippen molar-refractivity contribution in [1.82, 2.24) is 4.98 Å². The van der Waals surface area contributed by atoms with E-state index < -0.39 is 0 Å². The largest absolute Gasteiger partial charge is 0.453 e. The zero-order chi connectivity index (χ0) is 15.3. The maximum atomic E-state index is 6.23. The van der Waals surface area contributed by atoms with Crippen molar-refractivity contribution in [2.24, 2.45) is 7.05 Å². The van der Waals surface area contributed by atoms with Crippen LogP contribution < -0.4 is 4.57 Å². The lowest BCUT2D eigenvalue weighted by atomic mass is 10.0. The standard InChI is InChI=1S/C19H17N2O/c1-12-7-8-14-15-9-10-20-13(2)18(15)22-19(14)17(12)16-6-4-5-11-21(16)3/h4-11H,1-3H3/q+1. The van der Waals surface area contributed by atoms with Crippen molar-refractivity contribution < 1.29 is 8.98 Å². The molecule has 0 saturated carbocycles. The van der Waals surface area contributed by atoms with Crippen LogP contribution in [0.4, 0.5) is 0 Å². The first-order valence-corrected chi connectivity index (χ1v) is 7.39. The van der Waals surface area contributed by atoms with Crippen LogP contribution in [0.3, 0.4) is 0 Å². The van der Waals surface area contributed by atoms with E-state index >= 15 is 0 Å². The number of nitrogens with zero attached hydrogens (tertiary/aromatic N) is 2. The highest BCUT2D eigenvalue weighted by Crippen LogP contribution is 2.37. The molecule has 1 aromatic carbocycles. The van der Waals surface area contributed by atoms with Gasteiger partial charge < -0.3 is 4.42 Å². The quantitative estimate of drug-likeness (QED) is 0.494. The van der Waals surface area contributed by atoms with Crippen LogP contribution in [0, 0.1) is 13.8 Å². The lowest BCUT2D eigenvalue weighted by molar-refractivity contribution is -0.660. The molecule has 0 fully saturated rings. The third-order valence-corrected chi connectivity index (χ3v) is 4.25. The number of aryl methyl sites for hydroxylation is 3. The zero-order valence-electron chi connectivity index (χ0n) is 12.9. The van der Waals surface area contributed by atoms with Crippen LogP contribution in [-0.2, 0) is 7.05 Å². The second kappa shape index (κ2) is 4.67. The van der Waals surface area contributed by atoms with E-state index in [-0.39, 0.29) is 0 Å². The lowest BCUT2D eigenvalue weighted by Crippen LogP contribution is -2.30. The van der Waals surface area contributed by atoms with Gasteiger partial charge >= 0.3 is 0 Å². The third-order valence-electron chi connectivity index (χ3n) is 4.25. The molecule has 3 heteroatoms. The Morgan fingerprint density at radius 2 is 1.77 bits per heavy atom. The van der Waals surface area contributed by atoms with Crippen LogP contribution in [0.25, 0.3) is 33.2 Å². The SMILES string of the molecule is Cc1ccc2c(oc3c(C)nccc32)c1-c1cccc[n+]1C. The molecule has 0 N–H and O–H groups in total. The van der Waals surface area contributed by atoms with Crippen molar-refractivity contribution in [2.75, 3.05) is 0 Å². The molecule has 0 unspecified atom stereocenters. The van der Waals surface area contributed by atoms with Gasteiger partial charge in [0.25, 0.3) is 0 Å². The molecule has 3 heterocycles. The second-order valence-corrected chi connectivity index (χ2v) is 5.71. The van der Waals surface area contributed by atoms with Gasteiger partial charge in [-0.25, -0.2) is 4.57 Å². The minimum Gasteiger partial charge on any atom is -0.453 e. The molecule has 22 heavy (non-hydrogen) atoms. The number of fused-ring (bicyclic) bond motifs is 3. The third kappa shape index (κ3) is 1.75. The predicted molar refractivity (Wildman–Crippen MR) is 87.6 cm³/mol. The molecule has 0 spiro atoms. The number of furan rings is 1. The number of rotatable bonds is 1. The Morgan fingerprint density at radius 3 is 2.59 bits per heavy atom. The maximum absolute atomic E-state index is 6.23. The van der Waals surface area contributed by atoms with Crippen molar-refractivity contribution in [1.29, 1.82) is 0 Å². The molecule has 0 bridgehead atoms. The topological polar surface area (TPSA) is 29.9 Å². The highest BCUT2D eigenvalue weighted by Gasteiger charge is 2.20. The molecule has 0 radical (unpaired) electrons. The molecule has 3 nitrogen and oxygen atoms in total. The first-order valence-electron chi connectivity index (χ1n) is 7.39. The normalized spacial score (nSPS) is 11.4. The molecule has 3 aromatic heterocycles. The minimum atomic E-state index is 0.878. The maximum Gasteiger partial charge on any atom is 0.216 e. The summed E-state index contributed by atoms with van der Waals surface area (Å²) in [5.74, 6) is 0. The van der Waals surface area contributed by atoms with Gasteiger partial charge in [-0.2, -0.15) is 0 Å². The Balaban J connectivity index is 2.19. The van der Waals surface area contributed by atoms with E-state index in [1.165, 1.54) is 5.56 Å². The van der Waals surface area contributed by atoms with Gasteiger partial charge in [0.2, 0.25) is 5.69 Å². The van der Waals surface area contributed by atoms with Gasteiger partial charge in [0.1, 0.15) is 12.6 Å². The van der Waals surface area contributed by atoms with Crippen molar-refractivity contribution in [3.05, 3.63) is 60.0 Å². The van der Waals surface area contributed by atoms with E-state index in [1.807, 2.05) is 25.3 Å². The van der Waals surface area contributed by atoms with Crippen LogP contribution in [0.15, 0.2) is 53.2 Å². The lowest BCUT2D eigenvalue weighted by Gasteiger charge is -2.04. The van der Waals surface area contributed by atoms with E-state index in [4.69, 9.17) is 4.42 Å². The number of hydrogen-bond acceptors (Lipinski definition) is 2. The molecular weight excluding hydrogens is 272 g/mol. The molecular formula is C19H17N2O+. The number of aromatic nitrogens is 2. The smallest absolute Gasteiger partial charge is 0.216 e. The summed E-state index contributed by atoms with van der Waals surface area (Å²) in [4.78, 5) is 4.35. The average molecular weight is 289 g/mol. The molecule has 0 amide bonds. The van der Waals surface area contributed by atoms with Gasteiger partial charge in [-0.3, -0.25) is 4.98 Å². The fourth-order valence-electron chi connectivity index (χ4n) is 3.10. The summed E-state index contributed by atoms with van der Waals surface area (Å²) in [7, 11) is 2.06. The van der Waals surface area contributed by atoms with Gasteiger partial charge in [0.05, 0.1) is 11.3 Å². The van der Waals surface area contributed by atoms with Gasteiger partial charge in [-0.1, -0.05) is 12.1 Å². The minimum absolute atomic E-state index is 0.878. The Labute approximate surface area is 128 Å². The molecule has 0 aliphatic heterocycles. The molecule has 4 rings (SSSR count). The summed E-state index contributed by atoms with van der Waals surface area (Å²) in [6.07, 6.45) is 3.90. The first kappa shape index (κ1) is 13.0. The highest BCUT2D eigenvalue weighted by atomic mass is 16.3. The summed E-state index contributed by atoms with van der Waals surface area (Å²) in [6.45, 7) is 4.11. The van der Waals surface area contributed by atoms with E-state index in [2.05, 4.69) is 54.0 Å². The fourth-order valence-corrected chi connectivity index (χ4v) is 3.10. The van der Waals surface area contributed by atoms with E-state index in [9.17, 15) is 0 Å². The van der Waals surface area contributed by atoms with Gasteiger partial charge in [-0.05, 0) is 31.5 Å². The van der Waals surface area contributed by atoms with Crippen molar-refractivity contribution in [2.45, 2.75) is 13.8 Å². The van der Waals surface area contributed by atoms with Crippen LogP contribution in [0.2, 0.25) is 0 Å². The summed E-state index contributed by atoms with van der Waals surface area (Å²) in [6, 6.07) is 12.5. The predicted octanol–water partition coefficient (Wildman–Crippen LogP) is 4.09. The van der Waals surface area contributed by atoms with Crippen molar-refractivity contribution >= 4 is 21.9 Å². The Hall–Kier alpha value is -2.68. The van der Waals surface area contributed by atoms with E-state index in [0.717, 1.165) is 38.9 Å². The van der Waals surface area contributed by atoms with Crippen LogP contribution in [-0.4, -0.2) is 4.98 Å². The Kier molecular flexibility index (Phi) is 2.76. The number of hydrogen-bond donors (Lipinski definition) is 0. The molecule has 0 atom stereocenters. The van der Waals surface area contributed by atoms with E-state index in [1.54, 1.807) is 0 Å². The Bertz CT molecular complexity index is 1010. The first-order chi connectivity index (χ1) is 10.7. The van der Waals surface area contributed by atoms with Crippen molar-refractivity contribution in [3.63, 3.8) is 0 Å². The highest BCUT2D eigenvalue weighted by molar-refractivity contribution is 6.10. The molecule has 108 valence electrons. The second-order valence-electron chi connectivity index (χ2n) is 5.71. The molecule has 0 aliphatic rings. The van der Waals surface area contributed by atoms with Crippen LogP contribution >= 0.6 is 0 Å². The van der Waals surface area contributed by atoms with Crippen LogP contribution in [0.5, 0.6) is 0 Å². The van der Waals surface area contributed by atoms with Gasteiger partial charge in [-0.15, -0.1) is 0 Å². The molecule has 0 saturated heterocycles. The van der Waals surface area contributed by atoms with Crippen molar-refractivity contribution in [3.8, 4) is 11.3 Å². The number of pyridine rings is 2. The summed E-state index contributed by atoms with van der Waals surface area (Å²) in [5.41, 5.74) is 6.25. The summed E-state index contributed by atoms with van der Waals surface area (Å²) >= 11 is 0. The summed E-state index contributed by atoms with van der Waals surface area (Å²) in [5, 5.41) is 2.27. The van der Waals surface area contributed by atoms with Crippen LogP contribution in [0.1, 0.15) is 11.3 Å². The van der Waals surface area contributed by atoms with Gasteiger partial charge in [0, 0.05) is 29.1 Å². The van der Waals surface area contributed by atoms with Gasteiger partial charge in [0.15, 0.2) is 11.8 Å². The monoisotopic (exact) mass is 289 g/mol. The molecule has 4 aromatic rings. The average Bonchev–Trinajstić information content (AvgIpc) is 2.88. The number of benzene rings is 1. The van der Waals surface area contributed by atoms with E-state index in [0.29, 0.717) is 0 Å².